The average molecular weight is 296 g/mol. The third kappa shape index (κ3) is 4.87. The molecule has 20 heavy (non-hydrogen) atoms. The highest BCUT2D eigenvalue weighted by Gasteiger charge is 2.03. The molecule has 0 fully saturated rings. The Bertz CT molecular complexity index is 539. The van der Waals surface area contributed by atoms with Gasteiger partial charge in [-0.1, -0.05) is 12.8 Å². The van der Waals surface area contributed by atoms with Crippen LogP contribution >= 0.6 is 12.4 Å². The Morgan fingerprint density at radius 2 is 1.95 bits per heavy atom. The van der Waals surface area contributed by atoms with Crippen LogP contribution < -0.4 is 11.1 Å². The number of hydrogen-bond donors (Lipinski definition) is 3. The lowest BCUT2D eigenvalue weighted by molar-refractivity contribution is -0.116. The summed E-state index contributed by atoms with van der Waals surface area (Å²) in [4.78, 5) is 14.9. The maximum absolute atomic E-state index is 11.8. The molecule has 1 aromatic carbocycles. The third-order valence-corrected chi connectivity index (χ3v) is 3.20. The summed E-state index contributed by atoms with van der Waals surface area (Å²) in [5.41, 5.74) is 7.37. The van der Waals surface area contributed by atoms with E-state index in [0.717, 1.165) is 48.8 Å². The van der Waals surface area contributed by atoms with Crippen LogP contribution in [0.2, 0.25) is 0 Å². The number of hydrogen-bond acceptors (Lipinski definition) is 2. The van der Waals surface area contributed by atoms with E-state index in [1.54, 1.807) is 0 Å². The second-order valence-corrected chi connectivity index (χ2v) is 4.78. The molecule has 2 aromatic rings. The predicted molar refractivity (Wildman–Crippen MR) is 86.3 cm³/mol. The molecular weight excluding hydrogens is 274 g/mol. The number of H-pyrrole nitrogens is 1. The molecule has 1 amide bonds. The minimum absolute atomic E-state index is 0. The number of nitrogens with two attached hydrogens (primary N) is 1. The van der Waals surface area contributed by atoms with Crippen molar-refractivity contribution in [2.45, 2.75) is 32.1 Å². The highest BCUT2D eigenvalue weighted by atomic mass is 35.5. The van der Waals surface area contributed by atoms with Crippen LogP contribution in [-0.2, 0) is 4.79 Å². The molecule has 0 unspecified atom stereocenters. The van der Waals surface area contributed by atoms with Crippen molar-refractivity contribution >= 4 is 34.9 Å². The molecule has 0 aliphatic carbocycles. The van der Waals surface area contributed by atoms with Gasteiger partial charge in [0.25, 0.3) is 0 Å². The van der Waals surface area contributed by atoms with Crippen LogP contribution in [0.15, 0.2) is 30.5 Å². The number of benzene rings is 1. The average Bonchev–Trinajstić information content (AvgIpc) is 2.86. The zero-order chi connectivity index (χ0) is 13.5. The van der Waals surface area contributed by atoms with Gasteiger partial charge in [-0.15, -0.1) is 12.4 Å². The van der Waals surface area contributed by atoms with Crippen molar-refractivity contribution in [3.05, 3.63) is 30.5 Å². The first-order valence-corrected chi connectivity index (χ1v) is 6.86. The first-order chi connectivity index (χ1) is 9.29. The van der Waals surface area contributed by atoms with Crippen molar-refractivity contribution in [2.75, 3.05) is 11.9 Å². The van der Waals surface area contributed by atoms with Gasteiger partial charge >= 0.3 is 0 Å². The number of fused-ring (bicyclic) bond motifs is 1. The van der Waals surface area contributed by atoms with Gasteiger partial charge in [0.15, 0.2) is 0 Å². The van der Waals surface area contributed by atoms with Crippen LogP contribution in [0, 0.1) is 0 Å². The lowest BCUT2D eigenvalue weighted by atomic mass is 10.1. The molecule has 0 spiro atoms. The normalized spacial score (nSPS) is 10.2. The van der Waals surface area contributed by atoms with E-state index in [1.165, 1.54) is 0 Å². The predicted octanol–water partition coefficient (Wildman–Crippen LogP) is 3.44. The van der Waals surface area contributed by atoms with Crippen molar-refractivity contribution in [3.8, 4) is 0 Å². The van der Waals surface area contributed by atoms with E-state index in [0.29, 0.717) is 6.42 Å². The van der Waals surface area contributed by atoms with Crippen LogP contribution in [0.25, 0.3) is 10.9 Å². The molecule has 4 N–H and O–H groups in total. The number of carbonyl (C=O) groups is 1. The maximum Gasteiger partial charge on any atom is 0.224 e. The van der Waals surface area contributed by atoms with E-state index in [-0.39, 0.29) is 18.3 Å². The second kappa shape index (κ2) is 8.61. The van der Waals surface area contributed by atoms with Crippen LogP contribution in [0.4, 0.5) is 5.69 Å². The van der Waals surface area contributed by atoms with Crippen molar-refractivity contribution in [3.63, 3.8) is 0 Å². The van der Waals surface area contributed by atoms with Gasteiger partial charge < -0.3 is 16.0 Å². The Morgan fingerprint density at radius 3 is 2.75 bits per heavy atom. The van der Waals surface area contributed by atoms with Crippen LogP contribution in [-0.4, -0.2) is 17.4 Å². The molecule has 110 valence electrons. The van der Waals surface area contributed by atoms with E-state index < -0.39 is 0 Å². The minimum atomic E-state index is 0. The fourth-order valence-electron chi connectivity index (χ4n) is 2.14. The summed E-state index contributed by atoms with van der Waals surface area (Å²) in [6.45, 7) is 0.739. The first-order valence-electron chi connectivity index (χ1n) is 6.86. The van der Waals surface area contributed by atoms with Crippen LogP contribution in [0.5, 0.6) is 0 Å². The summed E-state index contributed by atoms with van der Waals surface area (Å²) in [6.07, 6.45) is 6.63. The lowest BCUT2D eigenvalue weighted by Crippen LogP contribution is -2.11. The number of carbonyl (C=O) groups excluding carboxylic acids is 1. The van der Waals surface area contributed by atoms with Crippen LogP contribution in [0.1, 0.15) is 32.1 Å². The molecule has 5 heteroatoms. The van der Waals surface area contributed by atoms with Crippen LogP contribution in [0.3, 0.4) is 0 Å². The Morgan fingerprint density at radius 1 is 1.15 bits per heavy atom. The van der Waals surface area contributed by atoms with Gasteiger partial charge in [-0.25, -0.2) is 0 Å². The molecule has 4 nitrogen and oxygen atoms in total. The summed E-state index contributed by atoms with van der Waals surface area (Å²) in [5, 5.41) is 4.05. The number of aromatic amines is 1. The van der Waals surface area contributed by atoms with E-state index in [1.807, 2.05) is 30.5 Å². The van der Waals surface area contributed by atoms with Gasteiger partial charge in [0.05, 0.1) is 0 Å². The Hall–Kier alpha value is -1.52. The van der Waals surface area contributed by atoms with Gasteiger partial charge in [0.1, 0.15) is 0 Å². The molecule has 1 aromatic heterocycles. The van der Waals surface area contributed by atoms with Gasteiger partial charge in [-0.05, 0) is 43.7 Å². The third-order valence-electron chi connectivity index (χ3n) is 3.20. The molecule has 0 saturated carbocycles. The maximum atomic E-state index is 11.8. The molecule has 0 bridgehead atoms. The first kappa shape index (κ1) is 16.5. The number of amides is 1. The fourth-order valence-corrected chi connectivity index (χ4v) is 2.14. The van der Waals surface area contributed by atoms with Crippen molar-refractivity contribution in [1.82, 2.24) is 4.98 Å². The number of aromatic nitrogens is 1. The van der Waals surface area contributed by atoms with Gasteiger partial charge in [0.2, 0.25) is 5.91 Å². The minimum Gasteiger partial charge on any atom is -0.361 e. The van der Waals surface area contributed by atoms with Gasteiger partial charge in [-0.2, -0.15) is 0 Å². The molecule has 2 rings (SSSR count). The summed E-state index contributed by atoms with van der Waals surface area (Å²) in [7, 11) is 0. The van der Waals surface area contributed by atoms with Crippen molar-refractivity contribution in [1.29, 1.82) is 0 Å². The molecule has 0 saturated heterocycles. The Balaban J connectivity index is 0.00000200. The highest BCUT2D eigenvalue weighted by molar-refractivity contribution is 5.93. The smallest absolute Gasteiger partial charge is 0.224 e. The Labute approximate surface area is 125 Å². The topological polar surface area (TPSA) is 70.9 Å². The zero-order valence-electron chi connectivity index (χ0n) is 11.5. The van der Waals surface area contributed by atoms with Gasteiger partial charge in [0, 0.05) is 29.2 Å². The van der Waals surface area contributed by atoms with Gasteiger partial charge in [-0.3, -0.25) is 4.79 Å². The zero-order valence-corrected chi connectivity index (χ0v) is 12.3. The van der Waals surface area contributed by atoms with Crippen molar-refractivity contribution < 1.29 is 4.79 Å². The van der Waals surface area contributed by atoms with E-state index in [2.05, 4.69) is 10.3 Å². The summed E-state index contributed by atoms with van der Waals surface area (Å²) in [5.74, 6) is 0.0858. The second-order valence-electron chi connectivity index (χ2n) is 4.78. The molecule has 1 heterocycles. The summed E-state index contributed by atoms with van der Waals surface area (Å²) < 4.78 is 0. The van der Waals surface area contributed by atoms with E-state index in [4.69, 9.17) is 5.73 Å². The number of unbranched alkanes of at least 4 members (excludes halogenated alkanes) is 3. The van der Waals surface area contributed by atoms with E-state index in [9.17, 15) is 4.79 Å². The quantitative estimate of drug-likeness (QED) is 0.685. The number of anilines is 1. The largest absolute Gasteiger partial charge is 0.361 e. The highest BCUT2D eigenvalue weighted by Crippen LogP contribution is 2.18. The number of nitrogens with one attached hydrogen (secondary N) is 2. The number of rotatable bonds is 7. The molecule has 0 atom stereocenters. The van der Waals surface area contributed by atoms with Crippen molar-refractivity contribution in [2.24, 2.45) is 5.73 Å². The fraction of sp³-hybridized carbons (Fsp3) is 0.400. The SMILES string of the molecule is Cl.NCCCCCCC(=O)Nc1ccc2[nH]ccc2c1. The Kier molecular flexibility index (Phi) is 7.12. The molecule has 0 radical (unpaired) electrons. The van der Waals surface area contributed by atoms with E-state index >= 15 is 0 Å². The standard InChI is InChI=1S/C15H21N3O.ClH/c16-9-4-2-1-3-5-15(19)18-13-6-7-14-12(11-13)8-10-17-14;/h6-8,10-11,17H,1-5,9,16H2,(H,18,19);1H. The number of halogens is 1. The summed E-state index contributed by atoms with van der Waals surface area (Å²) >= 11 is 0. The molecule has 0 aliphatic heterocycles. The summed E-state index contributed by atoms with van der Waals surface area (Å²) in [6, 6.07) is 7.88. The molecule has 0 aliphatic rings. The lowest BCUT2D eigenvalue weighted by Gasteiger charge is -2.05. The monoisotopic (exact) mass is 295 g/mol. The molecular formula is C15H22ClN3O.